The molecule has 118 valence electrons. The fourth-order valence-electron chi connectivity index (χ4n) is 2.20. The molecule has 0 atom stereocenters. The molecule has 0 radical (unpaired) electrons. The first-order chi connectivity index (χ1) is 11.3. The third-order valence-electron chi connectivity index (χ3n) is 3.21. The molecule has 6 heteroatoms. The molecule has 0 fully saturated rings. The van der Waals surface area contributed by atoms with Gasteiger partial charge in [-0.2, -0.15) is 0 Å². The number of ether oxygens (including phenoxy) is 2. The lowest BCUT2D eigenvalue weighted by Crippen LogP contribution is -2.27. The summed E-state index contributed by atoms with van der Waals surface area (Å²) in [6.07, 6.45) is 1.57. The highest BCUT2D eigenvalue weighted by molar-refractivity contribution is 5.87. The minimum atomic E-state index is -0.278. The lowest BCUT2D eigenvalue weighted by atomic mass is 10.3. The Kier molecular flexibility index (Phi) is 4.42. The summed E-state index contributed by atoms with van der Waals surface area (Å²) in [5, 5.41) is 0. The molecular formula is C17H17N3O3. The maximum absolute atomic E-state index is 12.1. The number of para-hydroxylation sites is 4. The van der Waals surface area contributed by atoms with Crippen molar-refractivity contribution >= 4 is 16.9 Å². The van der Waals surface area contributed by atoms with Crippen molar-refractivity contribution in [2.75, 3.05) is 18.6 Å². The molecule has 0 aliphatic carbocycles. The number of rotatable bonds is 6. The Morgan fingerprint density at radius 2 is 1.78 bits per heavy atom. The third kappa shape index (κ3) is 3.42. The quantitative estimate of drug-likeness (QED) is 0.760. The van der Waals surface area contributed by atoms with Crippen molar-refractivity contribution in [2.45, 2.75) is 6.92 Å². The zero-order chi connectivity index (χ0) is 16.1. The van der Waals surface area contributed by atoms with Crippen molar-refractivity contribution < 1.29 is 14.3 Å². The summed E-state index contributed by atoms with van der Waals surface area (Å²) in [4.78, 5) is 16.3. The number of imidazole rings is 1. The van der Waals surface area contributed by atoms with E-state index in [-0.39, 0.29) is 12.5 Å². The second-order valence-electron chi connectivity index (χ2n) is 4.81. The summed E-state index contributed by atoms with van der Waals surface area (Å²) in [6, 6.07) is 14.8. The zero-order valence-corrected chi connectivity index (χ0v) is 12.7. The van der Waals surface area contributed by atoms with Gasteiger partial charge in [-0.1, -0.05) is 24.3 Å². The summed E-state index contributed by atoms with van der Waals surface area (Å²) in [6.45, 7) is 2.32. The molecule has 1 aromatic heterocycles. The van der Waals surface area contributed by atoms with E-state index < -0.39 is 0 Å². The zero-order valence-electron chi connectivity index (χ0n) is 12.7. The highest BCUT2D eigenvalue weighted by atomic mass is 16.5. The van der Waals surface area contributed by atoms with Gasteiger partial charge >= 0.3 is 0 Å². The topological polar surface area (TPSA) is 65.4 Å². The van der Waals surface area contributed by atoms with Crippen LogP contribution in [0.3, 0.4) is 0 Å². The van der Waals surface area contributed by atoms with Crippen LogP contribution in [0.15, 0.2) is 54.9 Å². The van der Waals surface area contributed by atoms with Crippen molar-refractivity contribution in [1.82, 2.24) is 9.66 Å². The van der Waals surface area contributed by atoms with Gasteiger partial charge in [-0.25, -0.2) is 9.66 Å². The Balaban J connectivity index is 1.64. The molecule has 1 amide bonds. The largest absolute Gasteiger partial charge is 0.490 e. The molecule has 0 spiro atoms. The van der Waals surface area contributed by atoms with Crippen LogP contribution in [0.2, 0.25) is 0 Å². The molecule has 3 aromatic rings. The van der Waals surface area contributed by atoms with E-state index in [0.717, 1.165) is 11.0 Å². The standard InChI is InChI=1S/C17H17N3O3/c1-2-22-15-9-5-6-10-16(15)23-11-17(21)19-20-12-18-13-7-3-4-8-14(13)20/h3-10,12H,2,11H2,1H3,(H,19,21). The molecule has 0 saturated carbocycles. The number of fused-ring (bicyclic) bond motifs is 1. The van der Waals surface area contributed by atoms with Gasteiger partial charge in [-0.05, 0) is 31.2 Å². The molecular weight excluding hydrogens is 294 g/mol. The number of hydrogen-bond acceptors (Lipinski definition) is 4. The molecule has 0 unspecified atom stereocenters. The summed E-state index contributed by atoms with van der Waals surface area (Å²) in [5.74, 6) is 0.885. The summed E-state index contributed by atoms with van der Waals surface area (Å²) < 4.78 is 12.6. The average molecular weight is 311 g/mol. The van der Waals surface area contributed by atoms with E-state index in [1.807, 2.05) is 43.3 Å². The van der Waals surface area contributed by atoms with Gasteiger partial charge in [-0.3, -0.25) is 10.2 Å². The average Bonchev–Trinajstić information content (AvgIpc) is 2.98. The van der Waals surface area contributed by atoms with Gasteiger partial charge in [0.25, 0.3) is 5.91 Å². The number of aromatic nitrogens is 2. The van der Waals surface area contributed by atoms with E-state index in [4.69, 9.17) is 9.47 Å². The summed E-state index contributed by atoms with van der Waals surface area (Å²) in [5.41, 5.74) is 4.38. The number of nitrogens with one attached hydrogen (secondary N) is 1. The molecule has 23 heavy (non-hydrogen) atoms. The first-order valence-electron chi connectivity index (χ1n) is 7.34. The van der Waals surface area contributed by atoms with E-state index in [1.54, 1.807) is 23.1 Å². The minimum absolute atomic E-state index is 0.114. The third-order valence-corrected chi connectivity index (χ3v) is 3.21. The maximum atomic E-state index is 12.1. The van der Waals surface area contributed by atoms with E-state index in [1.165, 1.54) is 0 Å². The number of nitrogens with zero attached hydrogens (tertiary/aromatic N) is 2. The Morgan fingerprint density at radius 3 is 2.57 bits per heavy atom. The predicted octanol–water partition coefficient (Wildman–Crippen LogP) is 2.58. The van der Waals surface area contributed by atoms with Gasteiger partial charge in [0, 0.05) is 0 Å². The maximum Gasteiger partial charge on any atom is 0.276 e. The van der Waals surface area contributed by atoms with Crippen molar-refractivity contribution in [2.24, 2.45) is 0 Å². The van der Waals surface area contributed by atoms with Crippen LogP contribution >= 0.6 is 0 Å². The smallest absolute Gasteiger partial charge is 0.276 e. The second kappa shape index (κ2) is 6.83. The highest BCUT2D eigenvalue weighted by Crippen LogP contribution is 2.26. The Bertz CT molecular complexity index is 813. The number of carbonyl (C=O) groups is 1. The number of hydrogen-bond donors (Lipinski definition) is 1. The Labute approximate surface area is 133 Å². The van der Waals surface area contributed by atoms with Crippen molar-refractivity contribution in [1.29, 1.82) is 0 Å². The molecule has 3 rings (SSSR count). The Hall–Kier alpha value is -3.02. The lowest BCUT2D eigenvalue weighted by Gasteiger charge is -2.12. The monoisotopic (exact) mass is 311 g/mol. The summed E-state index contributed by atoms with van der Waals surface area (Å²) in [7, 11) is 0. The Morgan fingerprint density at radius 1 is 1.09 bits per heavy atom. The van der Waals surface area contributed by atoms with Gasteiger partial charge in [0.05, 0.1) is 17.6 Å². The van der Waals surface area contributed by atoms with Gasteiger partial charge < -0.3 is 9.47 Å². The fourth-order valence-corrected chi connectivity index (χ4v) is 2.20. The minimum Gasteiger partial charge on any atom is -0.490 e. The predicted molar refractivity (Wildman–Crippen MR) is 87.2 cm³/mol. The molecule has 0 aliphatic rings. The van der Waals surface area contributed by atoms with Crippen LogP contribution in [-0.2, 0) is 4.79 Å². The van der Waals surface area contributed by atoms with Crippen LogP contribution in [0.25, 0.3) is 11.0 Å². The molecule has 0 bridgehead atoms. The van der Waals surface area contributed by atoms with Crippen LogP contribution in [0.5, 0.6) is 11.5 Å². The van der Waals surface area contributed by atoms with Crippen LogP contribution in [0.1, 0.15) is 6.92 Å². The number of amides is 1. The van der Waals surface area contributed by atoms with Crippen LogP contribution < -0.4 is 14.9 Å². The molecule has 1 N–H and O–H groups in total. The highest BCUT2D eigenvalue weighted by Gasteiger charge is 2.09. The normalized spacial score (nSPS) is 10.5. The van der Waals surface area contributed by atoms with Crippen molar-refractivity contribution in [3.63, 3.8) is 0 Å². The molecule has 2 aromatic carbocycles. The van der Waals surface area contributed by atoms with Crippen molar-refractivity contribution in [3.8, 4) is 11.5 Å². The number of carbonyl (C=O) groups excluding carboxylic acids is 1. The van der Waals surface area contributed by atoms with Gasteiger partial charge in [-0.15, -0.1) is 0 Å². The van der Waals surface area contributed by atoms with E-state index in [0.29, 0.717) is 18.1 Å². The van der Waals surface area contributed by atoms with Gasteiger partial charge in [0.2, 0.25) is 0 Å². The van der Waals surface area contributed by atoms with Gasteiger partial charge in [0.15, 0.2) is 18.1 Å². The van der Waals surface area contributed by atoms with Gasteiger partial charge in [0.1, 0.15) is 6.33 Å². The second-order valence-corrected chi connectivity index (χ2v) is 4.81. The molecule has 0 saturated heterocycles. The SMILES string of the molecule is CCOc1ccccc1OCC(=O)Nn1cnc2ccccc21. The first-order valence-corrected chi connectivity index (χ1v) is 7.34. The lowest BCUT2D eigenvalue weighted by molar-refractivity contribution is -0.119. The van der Waals surface area contributed by atoms with E-state index in [9.17, 15) is 4.79 Å². The van der Waals surface area contributed by atoms with Crippen LogP contribution in [-0.4, -0.2) is 28.8 Å². The summed E-state index contributed by atoms with van der Waals surface area (Å²) >= 11 is 0. The van der Waals surface area contributed by atoms with E-state index in [2.05, 4.69) is 10.4 Å². The first kappa shape index (κ1) is 14.9. The van der Waals surface area contributed by atoms with Crippen LogP contribution in [0.4, 0.5) is 0 Å². The molecule has 1 heterocycles. The fraction of sp³-hybridized carbons (Fsp3) is 0.176. The van der Waals surface area contributed by atoms with E-state index >= 15 is 0 Å². The van der Waals surface area contributed by atoms with Crippen molar-refractivity contribution in [3.05, 3.63) is 54.9 Å². The van der Waals surface area contributed by atoms with Crippen LogP contribution in [0, 0.1) is 0 Å². The molecule has 0 aliphatic heterocycles. The molecule has 6 nitrogen and oxygen atoms in total. The number of benzene rings is 2.